The smallest absolute Gasteiger partial charge is 0.252 e. The Morgan fingerprint density at radius 2 is 2.11 bits per heavy atom. The molecule has 0 radical (unpaired) electrons. The summed E-state index contributed by atoms with van der Waals surface area (Å²) >= 11 is 0. The summed E-state index contributed by atoms with van der Waals surface area (Å²) < 4.78 is 0. The van der Waals surface area contributed by atoms with Crippen molar-refractivity contribution in [1.82, 2.24) is 4.98 Å². The monoisotopic (exact) mass is 250 g/mol. The molecule has 0 fully saturated rings. The molecule has 1 rings (SSSR count). The van der Waals surface area contributed by atoms with Gasteiger partial charge in [-0.1, -0.05) is 27.7 Å². The molecule has 0 unspecified atom stereocenters. The van der Waals surface area contributed by atoms with Gasteiger partial charge in [0.15, 0.2) is 0 Å². The van der Waals surface area contributed by atoms with Crippen molar-refractivity contribution in [2.75, 3.05) is 17.6 Å². The quantitative estimate of drug-likeness (QED) is 0.743. The molecule has 5 nitrogen and oxygen atoms in total. The van der Waals surface area contributed by atoms with E-state index < -0.39 is 5.91 Å². The Morgan fingerprint density at radius 1 is 1.50 bits per heavy atom. The molecule has 0 atom stereocenters. The number of primary amides is 1. The molecule has 0 spiro atoms. The van der Waals surface area contributed by atoms with E-state index >= 15 is 0 Å². The molecular weight excluding hydrogens is 228 g/mol. The van der Waals surface area contributed by atoms with Crippen molar-refractivity contribution in [1.29, 1.82) is 0 Å². The number of amides is 1. The van der Waals surface area contributed by atoms with Crippen LogP contribution in [0.2, 0.25) is 0 Å². The normalized spacial score (nSPS) is 11.6. The Labute approximate surface area is 108 Å². The van der Waals surface area contributed by atoms with E-state index in [0.29, 0.717) is 29.5 Å². The van der Waals surface area contributed by atoms with Gasteiger partial charge in [-0.05, 0) is 17.4 Å². The topological polar surface area (TPSA) is 94.0 Å². The van der Waals surface area contributed by atoms with Crippen LogP contribution >= 0.6 is 0 Å². The maximum Gasteiger partial charge on any atom is 0.252 e. The zero-order valence-corrected chi connectivity index (χ0v) is 11.4. The second-order valence-electron chi connectivity index (χ2n) is 5.53. The number of anilines is 2. The molecule has 18 heavy (non-hydrogen) atoms. The number of nitrogens with one attached hydrogen (secondary N) is 1. The molecule has 1 amide bonds. The summed E-state index contributed by atoms with van der Waals surface area (Å²) in [5.41, 5.74) is 11.8. The van der Waals surface area contributed by atoms with Crippen LogP contribution in [-0.2, 0) is 0 Å². The van der Waals surface area contributed by atoms with Gasteiger partial charge < -0.3 is 16.8 Å². The molecule has 0 saturated heterocycles. The van der Waals surface area contributed by atoms with Crippen LogP contribution in [0, 0.1) is 11.3 Å². The molecule has 1 heterocycles. The Hall–Kier alpha value is -1.78. The lowest BCUT2D eigenvalue weighted by Gasteiger charge is -2.29. The van der Waals surface area contributed by atoms with E-state index in [9.17, 15) is 4.79 Å². The van der Waals surface area contributed by atoms with Gasteiger partial charge in [0.05, 0.1) is 17.4 Å². The van der Waals surface area contributed by atoms with E-state index in [0.717, 1.165) is 0 Å². The molecule has 0 bridgehead atoms. The van der Waals surface area contributed by atoms with Gasteiger partial charge in [0.2, 0.25) is 0 Å². The maximum absolute atomic E-state index is 11.3. The number of nitrogen functional groups attached to an aromatic ring is 1. The number of hydrogen-bond acceptors (Lipinski definition) is 4. The Bertz CT molecular complexity index is 441. The summed E-state index contributed by atoms with van der Waals surface area (Å²) in [6.45, 7) is 9.35. The fourth-order valence-corrected chi connectivity index (χ4v) is 1.33. The molecule has 1 aromatic heterocycles. The first-order valence-electron chi connectivity index (χ1n) is 6.03. The van der Waals surface area contributed by atoms with Gasteiger partial charge in [-0.2, -0.15) is 0 Å². The third-order valence-corrected chi connectivity index (χ3v) is 3.45. The minimum Gasteiger partial charge on any atom is -0.397 e. The molecule has 1 aromatic rings. The second kappa shape index (κ2) is 5.25. The molecular formula is C13H22N4O. The fourth-order valence-electron chi connectivity index (χ4n) is 1.33. The van der Waals surface area contributed by atoms with Crippen LogP contribution in [0.15, 0.2) is 12.3 Å². The van der Waals surface area contributed by atoms with Crippen molar-refractivity contribution < 1.29 is 4.79 Å². The second-order valence-corrected chi connectivity index (χ2v) is 5.53. The standard InChI is InChI=1S/C13H22N4O/c1-8(2)13(3,4)7-17-12-10(11(15)18)5-9(14)6-16-12/h5-6,8H,7,14H2,1-4H3,(H2,15,18)(H,16,17). The first kappa shape index (κ1) is 14.3. The Kier molecular flexibility index (Phi) is 4.16. The van der Waals surface area contributed by atoms with Crippen molar-refractivity contribution in [3.8, 4) is 0 Å². The number of carbonyl (C=O) groups excluding carboxylic acids is 1. The predicted molar refractivity (Wildman–Crippen MR) is 74.3 cm³/mol. The van der Waals surface area contributed by atoms with E-state index in [1.165, 1.54) is 6.20 Å². The zero-order valence-electron chi connectivity index (χ0n) is 11.4. The average molecular weight is 250 g/mol. The molecule has 5 heteroatoms. The lowest BCUT2D eigenvalue weighted by atomic mass is 9.81. The van der Waals surface area contributed by atoms with Gasteiger partial charge in [-0.25, -0.2) is 4.98 Å². The lowest BCUT2D eigenvalue weighted by molar-refractivity contribution is 0.100. The Morgan fingerprint density at radius 3 is 2.61 bits per heavy atom. The predicted octanol–water partition coefficient (Wildman–Crippen LogP) is 1.86. The first-order valence-corrected chi connectivity index (χ1v) is 6.03. The summed E-state index contributed by atoms with van der Waals surface area (Å²) in [5.74, 6) is 0.473. The number of carbonyl (C=O) groups is 1. The molecule has 0 aliphatic carbocycles. The number of nitrogens with two attached hydrogens (primary N) is 2. The minimum atomic E-state index is -0.528. The van der Waals surface area contributed by atoms with Crippen LogP contribution in [0.25, 0.3) is 0 Å². The molecule has 100 valence electrons. The van der Waals surface area contributed by atoms with Crippen molar-refractivity contribution >= 4 is 17.4 Å². The summed E-state index contributed by atoms with van der Waals surface area (Å²) in [4.78, 5) is 15.4. The molecule has 0 aliphatic heterocycles. The van der Waals surface area contributed by atoms with Crippen molar-refractivity contribution in [3.63, 3.8) is 0 Å². The van der Waals surface area contributed by atoms with E-state index in [2.05, 4.69) is 38.0 Å². The van der Waals surface area contributed by atoms with E-state index in [4.69, 9.17) is 11.5 Å². The summed E-state index contributed by atoms with van der Waals surface area (Å²) in [5, 5.41) is 3.18. The molecule has 0 saturated carbocycles. The van der Waals surface area contributed by atoms with Gasteiger partial charge in [0.25, 0.3) is 5.91 Å². The molecule has 0 aromatic carbocycles. The van der Waals surface area contributed by atoms with Crippen LogP contribution in [-0.4, -0.2) is 17.4 Å². The van der Waals surface area contributed by atoms with E-state index in [1.807, 2.05) is 0 Å². The SMILES string of the molecule is CC(C)C(C)(C)CNc1ncc(N)cc1C(N)=O. The van der Waals surface area contributed by atoms with Crippen LogP contribution in [0.4, 0.5) is 11.5 Å². The summed E-state index contributed by atoms with van der Waals surface area (Å²) in [6, 6.07) is 1.54. The third kappa shape index (κ3) is 3.35. The number of hydrogen-bond donors (Lipinski definition) is 3. The van der Waals surface area contributed by atoms with Crippen molar-refractivity contribution in [2.24, 2.45) is 17.1 Å². The van der Waals surface area contributed by atoms with Gasteiger partial charge in [0.1, 0.15) is 5.82 Å². The zero-order chi connectivity index (χ0) is 13.9. The number of nitrogens with zero attached hydrogens (tertiary/aromatic N) is 1. The highest BCUT2D eigenvalue weighted by molar-refractivity contribution is 5.98. The minimum absolute atomic E-state index is 0.0952. The van der Waals surface area contributed by atoms with Crippen molar-refractivity contribution in [2.45, 2.75) is 27.7 Å². The summed E-state index contributed by atoms with van der Waals surface area (Å²) in [7, 11) is 0. The third-order valence-electron chi connectivity index (χ3n) is 3.45. The highest BCUT2D eigenvalue weighted by atomic mass is 16.1. The highest BCUT2D eigenvalue weighted by Gasteiger charge is 2.23. The Balaban J connectivity index is 2.89. The molecule has 5 N–H and O–H groups in total. The lowest BCUT2D eigenvalue weighted by Crippen LogP contribution is -2.29. The maximum atomic E-state index is 11.3. The largest absolute Gasteiger partial charge is 0.397 e. The van der Waals surface area contributed by atoms with E-state index in [1.54, 1.807) is 6.07 Å². The van der Waals surface area contributed by atoms with Crippen LogP contribution in [0.5, 0.6) is 0 Å². The summed E-state index contributed by atoms with van der Waals surface area (Å²) in [6.07, 6.45) is 1.51. The van der Waals surface area contributed by atoms with E-state index in [-0.39, 0.29) is 5.41 Å². The molecule has 0 aliphatic rings. The van der Waals surface area contributed by atoms with Gasteiger partial charge >= 0.3 is 0 Å². The van der Waals surface area contributed by atoms with Gasteiger partial charge in [-0.15, -0.1) is 0 Å². The van der Waals surface area contributed by atoms with Gasteiger partial charge in [0, 0.05) is 6.54 Å². The van der Waals surface area contributed by atoms with Crippen LogP contribution < -0.4 is 16.8 Å². The fraction of sp³-hybridized carbons (Fsp3) is 0.538. The van der Waals surface area contributed by atoms with Crippen LogP contribution in [0.1, 0.15) is 38.1 Å². The van der Waals surface area contributed by atoms with Crippen LogP contribution in [0.3, 0.4) is 0 Å². The van der Waals surface area contributed by atoms with Gasteiger partial charge in [-0.3, -0.25) is 4.79 Å². The first-order chi connectivity index (χ1) is 8.24. The number of pyridine rings is 1. The number of aromatic nitrogens is 1. The number of rotatable bonds is 5. The van der Waals surface area contributed by atoms with Crippen molar-refractivity contribution in [3.05, 3.63) is 17.8 Å². The highest BCUT2D eigenvalue weighted by Crippen LogP contribution is 2.26. The average Bonchev–Trinajstić information content (AvgIpc) is 2.27.